The maximum Gasteiger partial charge on any atom is 0.335 e. The molecule has 0 aromatic carbocycles. The number of aliphatic hydroxyl groups is 2. The minimum absolute atomic E-state index is 0.0276. The van der Waals surface area contributed by atoms with E-state index in [1.807, 2.05) is 0 Å². The van der Waals surface area contributed by atoms with Crippen molar-refractivity contribution in [1.29, 1.82) is 0 Å². The largest absolute Gasteiger partial charge is 0.420 e. The number of ether oxygens (including phenoxy) is 2. The van der Waals surface area contributed by atoms with Crippen LogP contribution in [0, 0.1) is 52.3 Å². The van der Waals surface area contributed by atoms with E-state index in [1.165, 1.54) is 37.7 Å². The number of esters is 2. The Morgan fingerprint density at radius 1 is 0.974 bits per heavy atom. The third-order valence-electron chi connectivity index (χ3n) is 11.7. The summed E-state index contributed by atoms with van der Waals surface area (Å²) in [5, 5.41) is 18.6. The van der Waals surface area contributed by atoms with Crippen molar-refractivity contribution in [2.75, 3.05) is 13.2 Å². The highest BCUT2D eigenvalue weighted by molar-refractivity contribution is 5.73. The maximum absolute atomic E-state index is 12.1. The van der Waals surface area contributed by atoms with Gasteiger partial charge in [-0.1, -0.05) is 65.3 Å². The number of hydrogen-bond donors (Lipinski definition) is 2. The highest BCUT2D eigenvalue weighted by Gasteiger charge is 2.61. The highest BCUT2D eigenvalue weighted by Crippen LogP contribution is 2.67. The van der Waals surface area contributed by atoms with Gasteiger partial charge in [0.2, 0.25) is 0 Å². The standard InChI is InChI=1S/C33H52O6/c1-7-23(21(2)3)9-8-22(4)26-12-13-27-25-11-10-24-18-33(38-29(36)19-34,39-30(37)20-35)17-16-31(24,5)28(25)14-15-32(26,27)6/h8-10,21-23,25-28,34-35H,7,11-20H2,1-6H3/b9-8+/t22-,23-,25+,26-,27+,28+,31+,32-/m1/s1. The highest BCUT2D eigenvalue weighted by atomic mass is 16.7. The second-order valence-electron chi connectivity index (χ2n) is 13.9. The van der Waals surface area contributed by atoms with Gasteiger partial charge in [-0.3, -0.25) is 0 Å². The molecule has 4 aliphatic rings. The Bertz CT molecular complexity index is 949. The van der Waals surface area contributed by atoms with Gasteiger partial charge < -0.3 is 19.7 Å². The normalized spacial score (nSPS) is 36.9. The Morgan fingerprint density at radius 2 is 1.64 bits per heavy atom. The molecule has 220 valence electrons. The van der Waals surface area contributed by atoms with Crippen LogP contribution in [0.4, 0.5) is 0 Å². The van der Waals surface area contributed by atoms with Gasteiger partial charge in [-0.2, -0.15) is 0 Å². The van der Waals surface area contributed by atoms with Crippen LogP contribution in [0.15, 0.2) is 23.8 Å². The van der Waals surface area contributed by atoms with Crippen LogP contribution in [0.3, 0.4) is 0 Å². The van der Waals surface area contributed by atoms with E-state index in [2.05, 4.69) is 59.8 Å². The molecule has 0 amide bonds. The van der Waals surface area contributed by atoms with Crippen LogP contribution < -0.4 is 0 Å². The summed E-state index contributed by atoms with van der Waals surface area (Å²) in [6.45, 7) is 12.8. The van der Waals surface area contributed by atoms with E-state index in [0.29, 0.717) is 53.8 Å². The first-order chi connectivity index (χ1) is 18.4. The SMILES string of the molecule is CC[C@H](/C=C/[C@@H](C)[C@H]1CC[C@H]2[C@@H]3CC=C4CC(OC(=O)CO)(OC(=O)CO)CC[C@]4(C)[C@H]3CC[C@]12C)C(C)C. The maximum atomic E-state index is 12.1. The second-order valence-corrected chi connectivity index (χ2v) is 13.9. The van der Waals surface area contributed by atoms with Crippen molar-refractivity contribution in [2.45, 2.75) is 105 Å². The van der Waals surface area contributed by atoms with Crippen molar-refractivity contribution in [3.63, 3.8) is 0 Å². The molecule has 0 bridgehead atoms. The zero-order valence-electron chi connectivity index (χ0n) is 25.1. The molecule has 4 aliphatic carbocycles. The third-order valence-corrected chi connectivity index (χ3v) is 11.7. The van der Waals surface area contributed by atoms with Crippen molar-refractivity contribution in [3.05, 3.63) is 23.8 Å². The fourth-order valence-electron chi connectivity index (χ4n) is 9.47. The molecule has 0 aliphatic heterocycles. The van der Waals surface area contributed by atoms with Crippen molar-refractivity contribution >= 4 is 11.9 Å². The monoisotopic (exact) mass is 544 g/mol. The molecular formula is C33H52O6. The number of rotatable bonds is 9. The molecule has 0 spiro atoms. The molecular weight excluding hydrogens is 492 g/mol. The van der Waals surface area contributed by atoms with Crippen LogP contribution in [0.2, 0.25) is 0 Å². The minimum Gasteiger partial charge on any atom is -0.420 e. The topological polar surface area (TPSA) is 93.1 Å². The van der Waals surface area contributed by atoms with Crippen LogP contribution in [-0.4, -0.2) is 41.2 Å². The molecule has 2 N–H and O–H groups in total. The molecule has 0 heterocycles. The van der Waals surface area contributed by atoms with Crippen molar-refractivity contribution in [1.82, 2.24) is 0 Å². The molecule has 3 saturated carbocycles. The van der Waals surface area contributed by atoms with Gasteiger partial charge in [-0.25, -0.2) is 9.59 Å². The van der Waals surface area contributed by atoms with Crippen LogP contribution in [-0.2, 0) is 19.1 Å². The minimum atomic E-state index is -1.45. The molecule has 0 aromatic heterocycles. The Morgan fingerprint density at radius 3 is 2.23 bits per heavy atom. The zero-order valence-corrected chi connectivity index (χ0v) is 25.1. The van der Waals surface area contributed by atoms with Crippen molar-refractivity contribution in [3.8, 4) is 0 Å². The molecule has 0 radical (unpaired) electrons. The van der Waals surface area contributed by atoms with E-state index < -0.39 is 30.9 Å². The first-order valence-electron chi connectivity index (χ1n) is 15.5. The lowest BCUT2D eigenvalue weighted by molar-refractivity contribution is -0.243. The average molecular weight is 545 g/mol. The van der Waals surface area contributed by atoms with Gasteiger partial charge in [0.25, 0.3) is 5.79 Å². The lowest BCUT2D eigenvalue weighted by atomic mass is 9.46. The van der Waals surface area contributed by atoms with E-state index in [9.17, 15) is 19.8 Å². The molecule has 6 nitrogen and oxygen atoms in total. The average Bonchev–Trinajstić information content (AvgIpc) is 3.26. The molecule has 0 aromatic rings. The van der Waals surface area contributed by atoms with Crippen molar-refractivity contribution in [2.24, 2.45) is 52.3 Å². The fourth-order valence-corrected chi connectivity index (χ4v) is 9.47. The second kappa shape index (κ2) is 11.7. The summed E-state index contributed by atoms with van der Waals surface area (Å²) < 4.78 is 11.1. The lowest BCUT2D eigenvalue weighted by Gasteiger charge is -2.59. The molecule has 39 heavy (non-hydrogen) atoms. The fraction of sp³-hybridized carbons (Fsp3) is 0.818. The molecule has 0 saturated heterocycles. The Balaban J connectivity index is 1.54. The predicted octanol–water partition coefficient (Wildman–Crippen LogP) is 6.21. The molecule has 3 fully saturated rings. The van der Waals surface area contributed by atoms with Gasteiger partial charge in [0.05, 0.1) is 0 Å². The van der Waals surface area contributed by atoms with E-state index >= 15 is 0 Å². The first kappa shape index (κ1) is 30.3. The number of carbonyl (C=O) groups excluding carboxylic acids is 2. The van der Waals surface area contributed by atoms with E-state index in [4.69, 9.17) is 9.47 Å². The summed E-state index contributed by atoms with van der Waals surface area (Å²) in [6, 6.07) is 0. The van der Waals surface area contributed by atoms with E-state index in [0.717, 1.165) is 18.8 Å². The predicted molar refractivity (Wildman–Crippen MR) is 151 cm³/mol. The summed E-state index contributed by atoms with van der Waals surface area (Å²) >= 11 is 0. The Hall–Kier alpha value is -1.66. The van der Waals surface area contributed by atoms with Crippen LogP contribution >= 0.6 is 0 Å². The smallest absolute Gasteiger partial charge is 0.335 e. The van der Waals surface area contributed by atoms with Crippen LogP contribution in [0.25, 0.3) is 0 Å². The van der Waals surface area contributed by atoms with Crippen LogP contribution in [0.1, 0.15) is 99.3 Å². The summed E-state index contributed by atoms with van der Waals surface area (Å²) in [7, 11) is 0. The van der Waals surface area contributed by atoms with Crippen molar-refractivity contribution < 1.29 is 29.3 Å². The van der Waals surface area contributed by atoms with E-state index in [-0.39, 0.29) is 5.41 Å². The number of hydrogen-bond acceptors (Lipinski definition) is 6. The third kappa shape index (κ3) is 5.62. The molecule has 0 unspecified atom stereocenters. The number of allylic oxidation sites excluding steroid dienone is 3. The quantitative estimate of drug-likeness (QED) is 0.204. The summed E-state index contributed by atoms with van der Waals surface area (Å²) in [4.78, 5) is 24.1. The summed E-state index contributed by atoms with van der Waals surface area (Å²) in [5.74, 6) is 1.48. The van der Waals surface area contributed by atoms with Gasteiger partial charge in [-0.05, 0) is 97.2 Å². The first-order valence-corrected chi connectivity index (χ1v) is 15.5. The Labute approximate surface area is 235 Å². The summed E-state index contributed by atoms with van der Waals surface area (Å²) in [6.07, 6.45) is 16.1. The zero-order chi connectivity index (χ0) is 28.6. The Kier molecular flexibility index (Phi) is 9.07. The van der Waals surface area contributed by atoms with E-state index in [1.54, 1.807) is 0 Å². The molecule has 4 rings (SSSR count). The number of aliphatic hydroxyl groups excluding tert-OH is 2. The van der Waals surface area contributed by atoms with Gasteiger partial charge in [0.1, 0.15) is 13.2 Å². The van der Waals surface area contributed by atoms with Gasteiger partial charge >= 0.3 is 11.9 Å². The van der Waals surface area contributed by atoms with Gasteiger partial charge in [0, 0.05) is 12.8 Å². The summed E-state index contributed by atoms with van der Waals surface area (Å²) in [5.41, 5.74) is 1.53. The van der Waals surface area contributed by atoms with Crippen LogP contribution in [0.5, 0.6) is 0 Å². The van der Waals surface area contributed by atoms with Gasteiger partial charge in [-0.15, -0.1) is 0 Å². The van der Waals surface area contributed by atoms with Gasteiger partial charge in [0.15, 0.2) is 0 Å². The molecule has 8 atom stereocenters. The lowest BCUT2D eigenvalue weighted by Crippen LogP contribution is -2.54. The number of fused-ring (bicyclic) bond motifs is 5. The number of carbonyl (C=O) groups is 2. The molecule has 6 heteroatoms.